The molecule has 5 nitrogen and oxygen atoms in total. The molecule has 0 aromatic heterocycles. The second-order valence-electron chi connectivity index (χ2n) is 5.85. The van der Waals surface area contributed by atoms with Crippen molar-refractivity contribution in [2.45, 2.75) is 45.1 Å². The molecule has 5 heteroatoms. The summed E-state index contributed by atoms with van der Waals surface area (Å²) in [6, 6.07) is 0.411. The van der Waals surface area contributed by atoms with Gasteiger partial charge in [0.05, 0.1) is 12.5 Å². The monoisotopic (exact) mass is 268 g/mol. The molecule has 0 radical (unpaired) electrons. The van der Waals surface area contributed by atoms with Gasteiger partial charge in [-0.15, -0.1) is 0 Å². The fourth-order valence-corrected chi connectivity index (χ4v) is 2.84. The molecule has 2 fully saturated rings. The zero-order valence-corrected chi connectivity index (χ0v) is 11.6. The Morgan fingerprint density at radius 3 is 2.37 bits per heavy atom. The van der Waals surface area contributed by atoms with E-state index in [4.69, 9.17) is 5.11 Å². The Hall–Kier alpha value is -1.10. The smallest absolute Gasteiger partial charge is 0.306 e. The highest BCUT2D eigenvalue weighted by Gasteiger charge is 2.28. The molecule has 2 aliphatic rings. The van der Waals surface area contributed by atoms with Gasteiger partial charge in [-0.05, 0) is 38.5 Å². The number of likely N-dealkylation sites (tertiary alicyclic amines) is 1. The SMILES string of the molecule is CC(NCC(=O)N1CCC(C(=O)O)CC1)C1CCC1. The van der Waals surface area contributed by atoms with Crippen LogP contribution in [0.4, 0.5) is 0 Å². The molecule has 19 heavy (non-hydrogen) atoms. The van der Waals surface area contributed by atoms with E-state index in [9.17, 15) is 9.59 Å². The molecule has 2 rings (SSSR count). The molecule has 2 N–H and O–H groups in total. The molecule has 0 spiro atoms. The number of carbonyl (C=O) groups excluding carboxylic acids is 1. The predicted octanol–water partition coefficient (Wildman–Crippen LogP) is 1.09. The molecule has 1 aliphatic carbocycles. The molecule has 0 bridgehead atoms. The van der Waals surface area contributed by atoms with Crippen LogP contribution in [0.1, 0.15) is 39.0 Å². The summed E-state index contributed by atoms with van der Waals surface area (Å²) in [5.41, 5.74) is 0. The van der Waals surface area contributed by atoms with Crippen molar-refractivity contribution in [2.75, 3.05) is 19.6 Å². The lowest BCUT2D eigenvalue weighted by atomic mass is 9.80. The van der Waals surface area contributed by atoms with Crippen molar-refractivity contribution in [3.63, 3.8) is 0 Å². The fourth-order valence-electron chi connectivity index (χ4n) is 2.84. The maximum absolute atomic E-state index is 12.0. The van der Waals surface area contributed by atoms with Crippen LogP contribution >= 0.6 is 0 Å². The Labute approximate surface area is 114 Å². The molecule has 1 heterocycles. The van der Waals surface area contributed by atoms with Gasteiger partial charge in [0.2, 0.25) is 5.91 Å². The first-order valence-corrected chi connectivity index (χ1v) is 7.32. The summed E-state index contributed by atoms with van der Waals surface area (Å²) in [6.07, 6.45) is 5.02. The van der Waals surface area contributed by atoms with Crippen LogP contribution in [0.2, 0.25) is 0 Å². The van der Waals surface area contributed by atoms with E-state index in [0.29, 0.717) is 38.5 Å². The van der Waals surface area contributed by atoms with Crippen molar-refractivity contribution in [1.29, 1.82) is 0 Å². The van der Waals surface area contributed by atoms with E-state index >= 15 is 0 Å². The van der Waals surface area contributed by atoms with Crippen LogP contribution in [0.3, 0.4) is 0 Å². The van der Waals surface area contributed by atoms with Crippen LogP contribution < -0.4 is 5.32 Å². The molecule has 1 saturated carbocycles. The molecule has 1 atom stereocenters. The fraction of sp³-hybridized carbons (Fsp3) is 0.857. The molecule has 1 saturated heterocycles. The number of amides is 1. The van der Waals surface area contributed by atoms with E-state index in [0.717, 1.165) is 5.92 Å². The maximum Gasteiger partial charge on any atom is 0.306 e. The van der Waals surface area contributed by atoms with Crippen molar-refractivity contribution >= 4 is 11.9 Å². The lowest BCUT2D eigenvalue weighted by Crippen LogP contribution is -2.47. The van der Waals surface area contributed by atoms with E-state index in [1.54, 1.807) is 4.90 Å². The van der Waals surface area contributed by atoms with Crippen molar-refractivity contribution in [2.24, 2.45) is 11.8 Å². The lowest BCUT2D eigenvalue weighted by molar-refractivity contribution is -0.145. The molecule has 1 unspecified atom stereocenters. The Morgan fingerprint density at radius 1 is 1.26 bits per heavy atom. The van der Waals surface area contributed by atoms with Gasteiger partial charge < -0.3 is 15.3 Å². The van der Waals surface area contributed by atoms with E-state index in [2.05, 4.69) is 12.2 Å². The minimum Gasteiger partial charge on any atom is -0.481 e. The molecule has 108 valence electrons. The lowest BCUT2D eigenvalue weighted by Gasteiger charge is -2.34. The molecule has 0 aromatic carbocycles. The standard InChI is InChI=1S/C14H24N2O3/c1-10(11-3-2-4-11)15-9-13(17)16-7-5-12(6-8-16)14(18)19/h10-12,15H,2-9H2,1H3,(H,18,19). The largest absolute Gasteiger partial charge is 0.481 e. The van der Waals surface area contributed by atoms with Crippen LogP contribution in [0.15, 0.2) is 0 Å². The zero-order chi connectivity index (χ0) is 13.8. The number of rotatable bonds is 5. The Morgan fingerprint density at radius 2 is 1.89 bits per heavy atom. The maximum atomic E-state index is 12.0. The minimum absolute atomic E-state index is 0.106. The summed E-state index contributed by atoms with van der Waals surface area (Å²) in [4.78, 5) is 24.7. The van der Waals surface area contributed by atoms with Gasteiger partial charge in [0.15, 0.2) is 0 Å². The Balaban J connectivity index is 1.67. The predicted molar refractivity (Wildman–Crippen MR) is 71.7 cm³/mol. The van der Waals surface area contributed by atoms with Crippen molar-refractivity contribution in [3.05, 3.63) is 0 Å². The third-order valence-corrected chi connectivity index (χ3v) is 4.63. The average Bonchev–Trinajstić information content (AvgIpc) is 2.34. The number of nitrogens with one attached hydrogen (secondary N) is 1. The summed E-state index contributed by atoms with van der Waals surface area (Å²) < 4.78 is 0. The van der Waals surface area contributed by atoms with Crippen LogP contribution in [0.5, 0.6) is 0 Å². The molecule has 1 aliphatic heterocycles. The van der Waals surface area contributed by atoms with Crippen LogP contribution in [-0.2, 0) is 9.59 Å². The highest BCUT2D eigenvalue weighted by molar-refractivity contribution is 5.79. The number of aliphatic carboxylic acids is 1. The van der Waals surface area contributed by atoms with Gasteiger partial charge in [-0.3, -0.25) is 9.59 Å². The van der Waals surface area contributed by atoms with Crippen LogP contribution in [0.25, 0.3) is 0 Å². The van der Waals surface area contributed by atoms with Gasteiger partial charge in [0.1, 0.15) is 0 Å². The summed E-state index contributed by atoms with van der Waals surface area (Å²) in [7, 11) is 0. The third-order valence-electron chi connectivity index (χ3n) is 4.63. The number of hydrogen-bond acceptors (Lipinski definition) is 3. The highest BCUT2D eigenvalue weighted by atomic mass is 16.4. The van der Waals surface area contributed by atoms with Crippen molar-refractivity contribution in [1.82, 2.24) is 10.2 Å². The number of carboxylic acids is 1. The molecular formula is C14H24N2O3. The molecular weight excluding hydrogens is 244 g/mol. The number of nitrogens with zero attached hydrogens (tertiary/aromatic N) is 1. The van der Waals surface area contributed by atoms with Crippen LogP contribution in [-0.4, -0.2) is 47.6 Å². The quantitative estimate of drug-likeness (QED) is 0.783. The minimum atomic E-state index is -0.733. The van der Waals surface area contributed by atoms with Gasteiger partial charge >= 0.3 is 5.97 Å². The number of hydrogen-bond donors (Lipinski definition) is 2. The second kappa shape index (κ2) is 6.37. The zero-order valence-electron chi connectivity index (χ0n) is 11.6. The topological polar surface area (TPSA) is 69.6 Å². The second-order valence-corrected chi connectivity index (χ2v) is 5.85. The van der Waals surface area contributed by atoms with Gasteiger partial charge in [0, 0.05) is 19.1 Å². The van der Waals surface area contributed by atoms with Gasteiger partial charge in [0.25, 0.3) is 0 Å². The number of carboxylic acid groups (broad SMARTS) is 1. The van der Waals surface area contributed by atoms with E-state index < -0.39 is 5.97 Å². The average molecular weight is 268 g/mol. The van der Waals surface area contributed by atoms with Gasteiger partial charge in [-0.2, -0.15) is 0 Å². The molecule has 1 amide bonds. The number of carbonyl (C=O) groups is 2. The first kappa shape index (κ1) is 14.3. The summed E-state index contributed by atoms with van der Waals surface area (Å²) >= 11 is 0. The first-order valence-electron chi connectivity index (χ1n) is 7.32. The van der Waals surface area contributed by atoms with Crippen molar-refractivity contribution in [3.8, 4) is 0 Å². The highest BCUT2D eigenvalue weighted by Crippen LogP contribution is 2.29. The molecule has 0 aromatic rings. The third kappa shape index (κ3) is 3.69. The Kier molecular flexibility index (Phi) is 4.80. The van der Waals surface area contributed by atoms with E-state index in [1.165, 1.54) is 19.3 Å². The van der Waals surface area contributed by atoms with Crippen molar-refractivity contribution < 1.29 is 14.7 Å². The summed E-state index contributed by atoms with van der Waals surface area (Å²) in [5.74, 6) is -0.171. The van der Waals surface area contributed by atoms with E-state index in [-0.39, 0.29) is 11.8 Å². The van der Waals surface area contributed by atoms with Gasteiger partial charge in [-0.25, -0.2) is 0 Å². The van der Waals surface area contributed by atoms with E-state index in [1.807, 2.05) is 0 Å². The normalized spacial score (nSPS) is 22.9. The summed E-state index contributed by atoms with van der Waals surface area (Å²) in [5, 5.41) is 12.2. The Bertz CT molecular complexity index is 334. The number of piperidine rings is 1. The first-order chi connectivity index (χ1) is 9.08. The van der Waals surface area contributed by atoms with Gasteiger partial charge in [-0.1, -0.05) is 6.42 Å². The van der Waals surface area contributed by atoms with Crippen LogP contribution in [0, 0.1) is 11.8 Å². The summed E-state index contributed by atoms with van der Waals surface area (Å²) in [6.45, 7) is 3.69.